The van der Waals surface area contributed by atoms with Crippen LogP contribution in [0, 0.1) is 6.92 Å². The average Bonchev–Trinajstić information content (AvgIpc) is 2.40. The van der Waals surface area contributed by atoms with Gasteiger partial charge in [0.1, 0.15) is 5.75 Å². The molecule has 0 saturated carbocycles. The largest absolute Gasteiger partial charge is 0.497 e. The number of nitrogens with two attached hydrogens (primary N) is 1. The third kappa shape index (κ3) is 3.11. The van der Waals surface area contributed by atoms with Gasteiger partial charge in [0.25, 0.3) is 0 Å². The standard InChI is InChI=1S/C16H19NO/c1-12-3-7-14(8-4-12)16(17)11-13-5-9-15(18-2)10-6-13/h3-10,16H,11,17H2,1-2H3. The molecule has 0 bridgehead atoms. The highest BCUT2D eigenvalue weighted by Crippen LogP contribution is 2.18. The maximum Gasteiger partial charge on any atom is 0.118 e. The Bertz CT molecular complexity index is 488. The van der Waals surface area contributed by atoms with E-state index in [1.54, 1.807) is 7.11 Å². The predicted molar refractivity (Wildman–Crippen MR) is 74.8 cm³/mol. The van der Waals surface area contributed by atoms with Crippen molar-refractivity contribution in [1.29, 1.82) is 0 Å². The molecule has 2 heteroatoms. The van der Waals surface area contributed by atoms with Gasteiger partial charge in [-0.1, -0.05) is 42.0 Å². The monoisotopic (exact) mass is 241 g/mol. The van der Waals surface area contributed by atoms with Crippen LogP contribution in [0.2, 0.25) is 0 Å². The predicted octanol–water partition coefficient (Wildman–Crippen LogP) is 3.25. The zero-order valence-corrected chi connectivity index (χ0v) is 10.9. The lowest BCUT2D eigenvalue weighted by atomic mass is 9.99. The Balaban J connectivity index is 2.05. The Kier molecular flexibility index (Phi) is 4.00. The molecule has 0 aliphatic heterocycles. The Labute approximate surface area is 108 Å². The second kappa shape index (κ2) is 5.69. The Hall–Kier alpha value is -1.80. The van der Waals surface area contributed by atoms with Crippen LogP contribution in [0.1, 0.15) is 22.7 Å². The molecule has 1 atom stereocenters. The molecule has 1 unspecified atom stereocenters. The van der Waals surface area contributed by atoms with Crippen molar-refractivity contribution in [2.24, 2.45) is 5.73 Å². The van der Waals surface area contributed by atoms with Gasteiger partial charge in [0.05, 0.1) is 7.11 Å². The van der Waals surface area contributed by atoms with E-state index in [2.05, 4.69) is 43.3 Å². The van der Waals surface area contributed by atoms with Crippen molar-refractivity contribution in [3.8, 4) is 5.75 Å². The molecule has 0 fully saturated rings. The van der Waals surface area contributed by atoms with Gasteiger partial charge in [-0.15, -0.1) is 0 Å². The zero-order valence-electron chi connectivity index (χ0n) is 10.9. The molecule has 94 valence electrons. The van der Waals surface area contributed by atoms with E-state index < -0.39 is 0 Å². The maximum absolute atomic E-state index is 6.22. The first kappa shape index (κ1) is 12.7. The summed E-state index contributed by atoms with van der Waals surface area (Å²) in [7, 11) is 1.67. The molecule has 2 nitrogen and oxygen atoms in total. The molecule has 0 saturated heterocycles. The number of hydrogen-bond acceptors (Lipinski definition) is 2. The van der Waals surface area contributed by atoms with E-state index in [1.165, 1.54) is 16.7 Å². The van der Waals surface area contributed by atoms with Gasteiger partial charge >= 0.3 is 0 Å². The average molecular weight is 241 g/mol. The SMILES string of the molecule is COc1ccc(CC(N)c2ccc(C)cc2)cc1. The number of benzene rings is 2. The van der Waals surface area contributed by atoms with Crippen LogP contribution < -0.4 is 10.5 Å². The molecule has 0 aliphatic carbocycles. The topological polar surface area (TPSA) is 35.2 Å². The fraction of sp³-hybridized carbons (Fsp3) is 0.250. The van der Waals surface area contributed by atoms with Crippen molar-refractivity contribution < 1.29 is 4.74 Å². The molecule has 2 N–H and O–H groups in total. The van der Waals surface area contributed by atoms with Gasteiger partial charge in [0.2, 0.25) is 0 Å². The van der Waals surface area contributed by atoms with Crippen LogP contribution in [-0.4, -0.2) is 7.11 Å². The van der Waals surface area contributed by atoms with E-state index in [-0.39, 0.29) is 6.04 Å². The maximum atomic E-state index is 6.22. The van der Waals surface area contributed by atoms with E-state index in [0.717, 1.165) is 12.2 Å². The van der Waals surface area contributed by atoms with Gasteiger partial charge in [0.15, 0.2) is 0 Å². The van der Waals surface area contributed by atoms with E-state index in [9.17, 15) is 0 Å². The van der Waals surface area contributed by atoms with Crippen LogP contribution in [-0.2, 0) is 6.42 Å². The molecule has 2 aromatic rings. The minimum Gasteiger partial charge on any atom is -0.497 e. The summed E-state index contributed by atoms with van der Waals surface area (Å²) in [6, 6.07) is 16.5. The van der Waals surface area contributed by atoms with E-state index in [0.29, 0.717) is 0 Å². The van der Waals surface area contributed by atoms with Crippen LogP contribution in [0.4, 0.5) is 0 Å². The Morgan fingerprint density at radius 1 is 1.00 bits per heavy atom. The lowest BCUT2D eigenvalue weighted by molar-refractivity contribution is 0.414. The van der Waals surface area contributed by atoms with Gasteiger partial charge in [-0.25, -0.2) is 0 Å². The minimum atomic E-state index is 0.0407. The molecular weight excluding hydrogens is 222 g/mol. The van der Waals surface area contributed by atoms with Gasteiger partial charge in [-0.3, -0.25) is 0 Å². The van der Waals surface area contributed by atoms with Crippen LogP contribution >= 0.6 is 0 Å². The summed E-state index contributed by atoms with van der Waals surface area (Å²) in [4.78, 5) is 0. The molecule has 0 radical (unpaired) electrons. The van der Waals surface area contributed by atoms with Crippen molar-refractivity contribution in [2.45, 2.75) is 19.4 Å². The smallest absolute Gasteiger partial charge is 0.118 e. The molecule has 0 aromatic heterocycles. The van der Waals surface area contributed by atoms with Crippen LogP contribution in [0.3, 0.4) is 0 Å². The van der Waals surface area contributed by atoms with E-state index in [1.807, 2.05) is 12.1 Å². The summed E-state index contributed by atoms with van der Waals surface area (Å²) in [5.41, 5.74) is 9.88. The lowest BCUT2D eigenvalue weighted by Gasteiger charge is -2.12. The van der Waals surface area contributed by atoms with Crippen LogP contribution in [0.5, 0.6) is 5.75 Å². The Morgan fingerprint density at radius 2 is 1.61 bits per heavy atom. The first-order valence-corrected chi connectivity index (χ1v) is 6.14. The van der Waals surface area contributed by atoms with Crippen molar-refractivity contribution in [3.05, 3.63) is 65.2 Å². The summed E-state index contributed by atoms with van der Waals surface area (Å²) in [6.45, 7) is 2.08. The van der Waals surface area contributed by atoms with Crippen LogP contribution in [0.15, 0.2) is 48.5 Å². The second-order valence-electron chi connectivity index (χ2n) is 4.57. The molecule has 18 heavy (non-hydrogen) atoms. The van der Waals surface area contributed by atoms with Gasteiger partial charge in [-0.2, -0.15) is 0 Å². The Morgan fingerprint density at radius 3 is 2.17 bits per heavy atom. The number of ether oxygens (including phenoxy) is 1. The highest BCUT2D eigenvalue weighted by molar-refractivity contribution is 5.30. The quantitative estimate of drug-likeness (QED) is 0.891. The lowest BCUT2D eigenvalue weighted by Crippen LogP contribution is -2.13. The van der Waals surface area contributed by atoms with E-state index in [4.69, 9.17) is 10.5 Å². The highest BCUT2D eigenvalue weighted by Gasteiger charge is 2.06. The zero-order chi connectivity index (χ0) is 13.0. The van der Waals surface area contributed by atoms with Crippen molar-refractivity contribution >= 4 is 0 Å². The summed E-state index contributed by atoms with van der Waals surface area (Å²) in [5.74, 6) is 0.877. The summed E-state index contributed by atoms with van der Waals surface area (Å²) < 4.78 is 5.14. The number of methoxy groups -OCH3 is 1. The fourth-order valence-electron chi connectivity index (χ4n) is 1.95. The molecule has 0 aliphatic rings. The van der Waals surface area contributed by atoms with Crippen molar-refractivity contribution in [1.82, 2.24) is 0 Å². The number of rotatable bonds is 4. The fourth-order valence-corrected chi connectivity index (χ4v) is 1.95. The molecule has 0 spiro atoms. The summed E-state index contributed by atoms with van der Waals surface area (Å²) in [5, 5.41) is 0. The first-order valence-electron chi connectivity index (χ1n) is 6.14. The first-order chi connectivity index (χ1) is 8.69. The minimum absolute atomic E-state index is 0.0407. The third-order valence-electron chi connectivity index (χ3n) is 3.12. The summed E-state index contributed by atoms with van der Waals surface area (Å²) >= 11 is 0. The van der Waals surface area contributed by atoms with Gasteiger partial charge in [-0.05, 0) is 36.6 Å². The normalized spacial score (nSPS) is 12.2. The van der Waals surface area contributed by atoms with Crippen molar-refractivity contribution in [2.75, 3.05) is 7.11 Å². The second-order valence-corrected chi connectivity index (χ2v) is 4.57. The molecule has 2 aromatic carbocycles. The van der Waals surface area contributed by atoms with Gasteiger partial charge in [0, 0.05) is 6.04 Å². The molecule has 2 rings (SSSR count). The number of aryl methyl sites for hydroxylation is 1. The molecular formula is C16H19NO. The molecule has 0 amide bonds. The van der Waals surface area contributed by atoms with E-state index >= 15 is 0 Å². The van der Waals surface area contributed by atoms with Gasteiger partial charge < -0.3 is 10.5 Å². The van der Waals surface area contributed by atoms with Crippen LogP contribution in [0.25, 0.3) is 0 Å². The highest BCUT2D eigenvalue weighted by atomic mass is 16.5. The summed E-state index contributed by atoms with van der Waals surface area (Å²) in [6.07, 6.45) is 0.840. The molecule has 0 heterocycles. The number of hydrogen-bond donors (Lipinski definition) is 1. The van der Waals surface area contributed by atoms with Crippen molar-refractivity contribution in [3.63, 3.8) is 0 Å². The third-order valence-corrected chi connectivity index (χ3v) is 3.12.